The second-order valence-corrected chi connectivity index (χ2v) is 5.56. The number of hydrogen-bond donors (Lipinski definition) is 1. The topological polar surface area (TPSA) is 70.8 Å². The minimum absolute atomic E-state index is 0.0256. The second kappa shape index (κ2) is 6.03. The van der Waals surface area contributed by atoms with Gasteiger partial charge in [0.25, 0.3) is 5.91 Å². The van der Waals surface area contributed by atoms with E-state index in [0.717, 1.165) is 5.56 Å². The number of thioether (sulfide) groups is 1. The van der Waals surface area contributed by atoms with Gasteiger partial charge >= 0.3 is 5.97 Å². The minimum atomic E-state index is -0.876. The number of hydrogen-bond acceptors (Lipinski definition) is 5. The number of furan rings is 1. The summed E-state index contributed by atoms with van der Waals surface area (Å²) in [5.74, 6) is -1.05. The number of carbonyl (C=O) groups excluding carboxylic acids is 1. The summed E-state index contributed by atoms with van der Waals surface area (Å²) in [7, 11) is 0. The van der Waals surface area contributed by atoms with Gasteiger partial charge in [-0.2, -0.15) is 0 Å². The highest BCUT2D eigenvalue weighted by atomic mass is 32.2. The van der Waals surface area contributed by atoms with Crippen LogP contribution in [0.2, 0.25) is 0 Å². The van der Waals surface area contributed by atoms with Crippen LogP contribution in [0.4, 0.5) is 0 Å². The zero-order valence-electron chi connectivity index (χ0n) is 9.87. The van der Waals surface area contributed by atoms with E-state index in [-0.39, 0.29) is 12.3 Å². The first-order chi connectivity index (χ1) is 9.08. The summed E-state index contributed by atoms with van der Waals surface area (Å²) >= 11 is 6.34. The lowest BCUT2D eigenvalue weighted by molar-refractivity contribution is -0.137. The zero-order valence-corrected chi connectivity index (χ0v) is 11.5. The van der Waals surface area contributed by atoms with E-state index in [1.165, 1.54) is 29.2 Å². The lowest BCUT2D eigenvalue weighted by atomic mass is 10.2. The number of thiocarbonyl (C=S) groups is 1. The molecule has 0 atom stereocenters. The number of carbonyl (C=O) groups is 2. The summed E-state index contributed by atoms with van der Waals surface area (Å²) in [4.78, 5) is 24.5. The Morgan fingerprint density at radius 2 is 2.37 bits per heavy atom. The lowest BCUT2D eigenvalue weighted by Gasteiger charge is -2.13. The molecule has 2 rings (SSSR count). The molecule has 5 nitrogen and oxygen atoms in total. The Hall–Kier alpha value is -1.60. The van der Waals surface area contributed by atoms with Crippen LogP contribution < -0.4 is 0 Å². The summed E-state index contributed by atoms with van der Waals surface area (Å²) in [5, 5.41) is 8.58. The predicted molar refractivity (Wildman–Crippen MR) is 75.5 cm³/mol. The van der Waals surface area contributed by atoms with Crippen LogP contribution in [-0.4, -0.2) is 32.7 Å². The van der Waals surface area contributed by atoms with Gasteiger partial charge in [0.2, 0.25) is 0 Å². The molecule has 1 aliphatic rings. The normalized spacial score (nSPS) is 17.5. The maximum atomic E-state index is 12.1. The SMILES string of the molecule is O=C(O)CCCN1C(=O)C(=Cc2ccoc2)SC1=S. The average Bonchev–Trinajstić information content (AvgIpc) is 2.93. The standard InChI is InChI=1S/C12H11NO4S2/c14-10(15)2-1-4-13-11(16)9(19-12(13)18)6-8-3-5-17-7-8/h3,5-7H,1-2,4H2,(H,14,15). The van der Waals surface area contributed by atoms with Crippen molar-refractivity contribution in [3.05, 3.63) is 29.1 Å². The van der Waals surface area contributed by atoms with Gasteiger partial charge in [0.1, 0.15) is 4.32 Å². The van der Waals surface area contributed by atoms with Crippen molar-refractivity contribution in [2.45, 2.75) is 12.8 Å². The molecule has 1 fully saturated rings. The summed E-state index contributed by atoms with van der Waals surface area (Å²) in [5.41, 5.74) is 0.797. The molecule has 0 aliphatic carbocycles. The molecule has 0 radical (unpaired) electrons. The van der Waals surface area contributed by atoms with Crippen molar-refractivity contribution in [1.29, 1.82) is 0 Å². The van der Waals surface area contributed by atoms with Gasteiger partial charge in [-0.3, -0.25) is 14.5 Å². The van der Waals surface area contributed by atoms with Crippen LogP contribution in [0.1, 0.15) is 18.4 Å². The smallest absolute Gasteiger partial charge is 0.303 e. The lowest BCUT2D eigenvalue weighted by Crippen LogP contribution is -2.29. The van der Waals surface area contributed by atoms with Crippen LogP contribution in [0.25, 0.3) is 6.08 Å². The monoisotopic (exact) mass is 297 g/mol. The largest absolute Gasteiger partial charge is 0.481 e. The van der Waals surface area contributed by atoms with E-state index in [1.54, 1.807) is 12.1 Å². The first-order valence-electron chi connectivity index (χ1n) is 5.57. The molecule has 0 spiro atoms. The van der Waals surface area contributed by atoms with E-state index in [9.17, 15) is 9.59 Å². The van der Waals surface area contributed by atoms with Gasteiger partial charge in [-0.25, -0.2) is 0 Å². The number of nitrogens with zero attached hydrogens (tertiary/aromatic N) is 1. The van der Waals surface area contributed by atoms with E-state index in [4.69, 9.17) is 21.7 Å². The zero-order chi connectivity index (χ0) is 13.8. The van der Waals surface area contributed by atoms with Crippen LogP contribution in [0.15, 0.2) is 27.9 Å². The van der Waals surface area contributed by atoms with Crippen LogP contribution in [0.5, 0.6) is 0 Å². The molecule has 0 bridgehead atoms. The molecule has 1 amide bonds. The highest BCUT2D eigenvalue weighted by Gasteiger charge is 2.31. The molecule has 1 N–H and O–H groups in total. The summed E-state index contributed by atoms with van der Waals surface area (Å²) in [6.45, 7) is 0.333. The Bertz CT molecular complexity index is 536. The van der Waals surface area contributed by atoms with Gasteiger partial charge in [0, 0.05) is 18.5 Å². The Labute approximate surface area is 119 Å². The van der Waals surface area contributed by atoms with Crippen molar-refractivity contribution in [2.24, 2.45) is 0 Å². The fourth-order valence-corrected chi connectivity index (χ4v) is 2.90. The first kappa shape index (κ1) is 13.8. The minimum Gasteiger partial charge on any atom is -0.481 e. The fourth-order valence-electron chi connectivity index (χ4n) is 1.59. The Kier molecular flexibility index (Phi) is 4.39. The van der Waals surface area contributed by atoms with Crippen LogP contribution in [-0.2, 0) is 9.59 Å². The third-order valence-corrected chi connectivity index (χ3v) is 3.86. The van der Waals surface area contributed by atoms with E-state index >= 15 is 0 Å². The fraction of sp³-hybridized carbons (Fsp3) is 0.250. The predicted octanol–water partition coefficient (Wildman–Crippen LogP) is 2.35. The van der Waals surface area contributed by atoms with Crippen molar-refractivity contribution < 1.29 is 19.1 Å². The highest BCUT2D eigenvalue weighted by molar-refractivity contribution is 8.26. The van der Waals surface area contributed by atoms with Crippen LogP contribution >= 0.6 is 24.0 Å². The summed E-state index contributed by atoms with van der Waals surface area (Å²) in [6, 6.07) is 1.75. The number of rotatable bonds is 5. The van der Waals surface area contributed by atoms with Crippen molar-refractivity contribution in [3.8, 4) is 0 Å². The molecule has 0 unspecified atom stereocenters. The Balaban J connectivity index is 2.02. The van der Waals surface area contributed by atoms with Crippen molar-refractivity contribution >= 4 is 46.3 Å². The Morgan fingerprint density at radius 1 is 1.58 bits per heavy atom. The molecule has 1 aromatic heterocycles. The summed E-state index contributed by atoms with van der Waals surface area (Å²) < 4.78 is 5.39. The van der Waals surface area contributed by atoms with Gasteiger partial charge < -0.3 is 9.52 Å². The highest BCUT2D eigenvalue weighted by Crippen LogP contribution is 2.32. The molecule has 0 aromatic carbocycles. The van der Waals surface area contributed by atoms with E-state index in [2.05, 4.69) is 0 Å². The first-order valence-corrected chi connectivity index (χ1v) is 6.80. The summed E-state index contributed by atoms with van der Waals surface area (Å²) in [6.07, 6.45) is 5.19. The molecule has 2 heterocycles. The average molecular weight is 297 g/mol. The van der Waals surface area contributed by atoms with Gasteiger partial charge in [-0.15, -0.1) is 0 Å². The van der Waals surface area contributed by atoms with Crippen molar-refractivity contribution in [3.63, 3.8) is 0 Å². The van der Waals surface area contributed by atoms with Gasteiger partial charge in [0.15, 0.2) is 0 Å². The van der Waals surface area contributed by atoms with Gasteiger partial charge in [-0.05, 0) is 18.6 Å². The molecule has 1 aliphatic heterocycles. The van der Waals surface area contributed by atoms with E-state index in [0.29, 0.717) is 22.2 Å². The quantitative estimate of drug-likeness (QED) is 0.664. The van der Waals surface area contributed by atoms with E-state index < -0.39 is 5.97 Å². The molecular formula is C12H11NO4S2. The van der Waals surface area contributed by atoms with Crippen LogP contribution in [0, 0.1) is 0 Å². The number of aliphatic carboxylic acids is 1. The molecule has 0 saturated carbocycles. The number of amides is 1. The molecule has 1 saturated heterocycles. The third-order valence-electron chi connectivity index (χ3n) is 2.49. The maximum absolute atomic E-state index is 12.1. The molecule has 100 valence electrons. The van der Waals surface area contributed by atoms with Crippen molar-refractivity contribution in [1.82, 2.24) is 4.90 Å². The van der Waals surface area contributed by atoms with Crippen molar-refractivity contribution in [2.75, 3.05) is 6.54 Å². The van der Waals surface area contributed by atoms with Crippen LogP contribution in [0.3, 0.4) is 0 Å². The Morgan fingerprint density at radius 3 is 3.00 bits per heavy atom. The molecule has 7 heteroatoms. The maximum Gasteiger partial charge on any atom is 0.303 e. The molecule has 1 aromatic rings. The number of carboxylic acid groups (broad SMARTS) is 1. The third kappa shape index (κ3) is 3.45. The van der Waals surface area contributed by atoms with E-state index in [1.807, 2.05) is 0 Å². The van der Waals surface area contributed by atoms with Gasteiger partial charge in [-0.1, -0.05) is 24.0 Å². The number of carboxylic acids is 1. The second-order valence-electron chi connectivity index (χ2n) is 3.89. The molecule has 19 heavy (non-hydrogen) atoms. The molecular weight excluding hydrogens is 286 g/mol. The van der Waals surface area contributed by atoms with Gasteiger partial charge in [0.05, 0.1) is 17.4 Å².